The first-order chi connectivity index (χ1) is 9.11. The van der Waals surface area contributed by atoms with Gasteiger partial charge in [0.25, 0.3) is 0 Å². The molecule has 0 atom stereocenters. The minimum absolute atomic E-state index is 0.130. The van der Waals surface area contributed by atoms with Gasteiger partial charge >= 0.3 is 5.97 Å². The van der Waals surface area contributed by atoms with Gasteiger partial charge in [-0.3, -0.25) is 0 Å². The fourth-order valence-corrected chi connectivity index (χ4v) is 2.46. The number of thioether (sulfide) groups is 1. The Morgan fingerprint density at radius 1 is 1.42 bits per heavy atom. The number of para-hydroxylation sites is 1. The Balaban J connectivity index is 2.41. The smallest absolute Gasteiger partial charge is 0.339 e. The van der Waals surface area contributed by atoms with Crippen LogP contribution in [-0.2, 0) is 0 Å². The van der Waals surface area contributed by atoms with Crippen LogP contribution in [0.4, 0.5) is 11.5 Å². The Bertz CT molecular complexity index is 619. The summed E-state index contributed by atoms with van der Waals surface area (Å²) in [6, 6.07) is 9.21. The van der Waals surface area contributed by atoms with Gasteiger partial charge in [-0.1, -0.05) is 12.1 Å². The molecular formula is C13H11BrN2O2S. The van der Waals surface area contributed by atoms with E-state index in [4.69, 9.17) is 0 Å². The number of rotatable bonds is 4. The molecule has 0 spiro atoms. The molecule has 1 aromatic carbocycles. The highest BCUT2D eigenvalue weighted by molar-refractivity contribution is 9.10. The van der Waals surface area contributed by atoms with Gasteiger partial charge in [0.05, 0.1) is 5.69 Å². The highest BCUT2D eigenvalue weighted by Crippen LogP contribution is 2.29. The number of nitrogens with zero attached hydrogens (tertiary/aromatic N) is 1. The van der Waals surface area contributed by atoms with Crippen LogP contribution in [0.5, 0.6) is 0 Å². The maximum absolute atomic E-state index is 11.2. The van der Waals surface area contributed by atoms with E-state index < -0.39 is 5.97 Å². The number of carbonyl (C=O) groups is 1. The first-order valence-electron chi connectivity index (χ1n) is 5.40. The maximum atomic E-state index is 11.2. The van der Waals surface area contributed by atoms with Crippen molar-refractivity contribution in [3.63, 3.8) is 0 Å². The van der Waals surface area contributed by atoms with Crippen molar-refractivity contribution in [3.8, 4) is 0 Å². The predicted octanol–water partition coefficient (Wildman–Crippen LogP) is 4.01. The van der Waals surface area contributed by atoms with Gasteiger partial charge in [-0.2, -0.15) is 0 Å². The molecule has 2 N–H and O–H groups in total. The lowest BCUT2D eigenvalue weighted by molar-refractivity contribution is 0.0697. The number of carboxylic acids is 1. The van der Waals surface area contributed by atoms with E-state index in [1.165, 1.54) is 6.07 Å². The van der Waals surface area contributed by atoms with Gasteiger partial charge in [-0.05, 0) is 40.4 Å². The van der Waals surface area contributed by atoms with E-state index in [9.17, 15) is 9.90 Å². The van der Waals surface area contributed by atoms with Crippen molar-refractivity contribution < 1.29 is 9.90 Å². The number of pyridine rings is 1. The summed E-state index contributed by atoms with van der Waals surface area (Å²) in [6.45, 7) is 0. The average Bonchev–Trinajstić information content (AvgIpc) is 2.41. The molecule has 0 aliphatic rings. The number of nitrogens with one attached hydrogen (secondary N) is 1. The number of aromatic nitrogens is 1. The van der Waals surface area contributed by atoms with Crippen molar-refractivity contribution >= 4 is 45.2 Å². The second-order valence-electron chi connectivity index (χ2n) is 3.68. The van der Waals surface area contributed by atoms with Gasteiger partial charge in [0.1, 0.15) is 11.4 Å². The molecule has 0 bridgehead atoms. The largest absolute Gasteiger partial charge is 0.478 e. The fourth-order valence-electron chi connectivity index (χ4n) is 1.58. The van der Waals surface area contributed by atoms with Crippen LogP contribution in [0.15, 0.2) is 45.9 Å². The number of hydrogen-bond donors (Lipinski definition) is 2. The quantitative estimate of drug-likeness (QED) is 0.824. The van der Waals surface area contributed by atoms with Crippen LogP contribution < -0.4 is 5.32 Å². The molecule has 0 saturated heterocycles. The summed E-state index contributed by atoms with van der Waals surface area (Å²) in [4.78, 5) is 16.4. The molecule has 1 aromatic heterocycles. The van der Waals surface area contributed by atoms with E-state index >= 15 is 0 Å². The van der Waals surface area contributed by atoms with Crippen LogP contribution in [0.25, 0.3) is 0 Å². The zero-order valence-corrected chi connectivity index (χ0v) is 12.5. The normalized spacial score (nSPS) is 10.2. The van der Waals surface area contributed by atoms with Crippen molar-refractivity contribution in [1.29, 1.82) is 0 Å². The Morgan fingerprint density at radius 2 is 2.16 bits per heavy atom. The third-order valence-electron chi connectivity index (χ3n) is 2.44. The highest BCUT2D eigenvalue weighted by Gasteiger charge is 2.13. The molecule has 19 heavy (non-hydrogen) atoms. The third kappa shape index (κ3) is 3.27. The summed E-state index contributed by atoms with van der Waals surface area (Å²) >= 11 is 4.81. The Labute approximate surface area is 123 Å². The third-order valence-corrected chi connectivity index (χ3v) is 3.67. The summed E-state index contributed by atoms with van der Waals surface area (Å²) in [7, 11) is 0. The van der Waals surface area contributed by atoms with Gasteiger partial charge in [0.15, 0.2) is 0 Å². The predicted molar refractivity (Wildman–Crippen MR) is 80.4 cm³/mol. The van der Waals surface area contributed by atoms with Crippen LogP contribution in [-0.4, -0.2) is 22.3 Å². The monoisotopic (exact) mass is 338 g/mol. The molecule has 2 rings (SSSR count). The molecule has 0 radical (unpaired) electrons. The second kappa shape index (κ2) is 6.08. The minimum atomic E-state index is -1.02. The average molecular weight is 339 g/mol. The minimum Gasteiger partial charge on any atom is -0.478 e. The van der Waals surface area contributed by atoms with E-state index in [0.29, 0.717) is 10.3 Å². The van der Waals surface area contributed by atoms with E-state index in [-0.39, 0.29) is 5.56 Å². The second-order valence-corrected chi connectivity index (χ2v) is 5.44. The summed E-state index contributed by atoms with van der Waals surface area (Å²) in [5.74, 6) is -0.685. The zero-order chi connectivity index (χ0) is 13.8. The molecule has 98 valence electrons. The summed E-state index contributed by atoms with van der Waals surface area (Å²) in [5, 5.41) is 12.3. The Kier molecular flexibility index (Phi) is 4.44. The summed E-state index contributed by atoms with van der Waals surface area (Å²) < 4.78 is 0.633. The molecular weight excluding hydrogens is 328 g/mol. The molecule has 4 nitrogen and oxygen atoms in total. The van der Waals surface area contributed by atoms with Crippen LogP contribution in [0, 0.1) is 0 Å². The van der Waals surface area contributed by atoms with Gasteiger partial charge in [-0.15, -0.1) is 11.8 Å². The lowest BCUT2D eigenvalue weighted by Crippen LogP contribution is -2.05. The molecule has 0 aliphatic carbocycles. The number of anilines is 2. The molecule has 6 heteroatoms. The van der Waals surface area contributed by atoms with Crippen molar-refractivity contribution in [2.24, 2.45) is 0 Å². The Morgan fingerprint density at radius 3 is 2.84 bits per heavy atom. The SMILES string of the molecule is CSc1ccccc1Nc1ncc(Br)cc1C(=O)O. The van der Waals surface area contributed by atoms with E-state index in [1.54, 1.807) is 18.0 Å². The van der Waals surface area contributed by atoms with Crippen molar-refractivity contribution in [2.45, 2.75) is 4.90 Å². The van der Waals surface area contributed by atoms with E-state index in [2.05, 4.69) is 26.2 Å². The van der Waals surface area contributed by atoms with Crippen LogP contribution in [0.3, 0.4) is 0 Å². The van der Waals surface area contributed by atoms with Crippen LogP contribution in [0.2, 0.25) is 0 Å². The lowest BCUT2D eigenvalue weighted by Gasteiger charge is -2.11. The summed E-state index contributed by atoms with van der Waals surface area (Å²) in [6.07, 6.45) is 3.53. The number of carboxylic acid groups (broad SMARTS) is 1. The molecule has 2 aromatic rings. The topological polar surface area (TPSA) is 62.2 Å². The van der Waals surface area contributed by atoms with E-state index in [1.807, 2.05) is 30.5 Å². The fraction of sp³-hybridized carbons (Fsp3) is 0.0769. The molecule has 0 saturated carbocycles. The molecule has 0 amide bonds. The van der Waals surface area contributed by atoms with Gasteiger partial charge in [-0.25, -0.2) is 9.78 Å². The standard InChI is InChI=1S/C13H11BrN2O2S/c1-19-11-5-3-2-4-10(11)16-12-9(13(17)18)6-8(14)7-15-12/h2-7H,1H3,(H,15,16)(H,17,18). The Hall–Kier alpha value is -1.53. The number of aromatic carboxylic acids is 1. The molecule has 0 unspecified atom stereocenters. The van der Waals surface area contributed by atoms with E-state index in [0.717, 1.165) is 10.6 Å². The lowest BCUT2D eigenvalue weighted by atomic mass is 10.2. The maximum Gasteiger partial charge on any atom is 0.339 e. The first-order valence-corrected chi connectivity index (χ1v) is 7.42. The van der Waals surface area contributed by atoms with Crippen LogP contribution >= 0.6 is 27.7 Å². The highest BCUT2D eigenvalue weighted by atomic mass is 79.9. The molecule has 1 heterocycles. The van der Waals surface area contributed by atoms with Gasteiger partial charge in [0, 0.05) is 15.6 Å². The number of benzene rings is 1. The molecule has 0 aliphatic heterocycles. The van der Waals surface area contributed by atoms with Gasteiger partial charge < -0.3 is 10.4 Å². The number of halogens is 1. The summed E-state index contributed by atoms with van der Waals surface area (Å²) in [5.41, 5.74) is 0.970. The number of hydrogen-bond acceptors (Lipinski definition) is 4. The van der Waals surface area contributed by atoms with Crippen molar-refractivity contribution in [2.75, 3.05) is 11.6 Å². The molecule has 0 fully saturated rings. The van der Waals surface area contributed by atoms with Gasteiger partial charge in [0.2, 0.25) is 0 Å². The van der Waals surface area contributed by atoms with Crippen LogP contribution in [0.1, 0.15) is 10.4 Å². The van der Waals surface area contributed by atoms with Crippen molar-refractivity contribution in [1.82, 2.24) is 4.98 Å². The van der Waals surface area contributed by atoms with Crippen molar-refractivity contribution in [3.05, 3.63) is 46.6 Å². The zero-order valence-electron chi connectivity index (χ0n) is 10.1. The first kappa shape index (κ1) is 13.9.